The predicted molar refractivity (Wildman–Crippen MR) is 92.0 cm³/mol. The maximum atomic E-state index is 12.2. The second-order valence-electron chi connectivity index (χ2n) is 5.90. The molecule has 0 fully saturated rings. The average molecular weight is 359 g/mol. The third kappa shape index (κ3) is 2.37. The van der Waals surface area contributed by atoms with Gasteiger partial charge in [-0.2, -0.15) is 5.10 Å². The summed E-state index contributed by atoms with van der Waals surface area (Å²) in [6, 6.07) is 3.58. The van der Waals surface area contributed by atoms with Crippen molar-refractivity contribution in [3.8, 4) is 0 Å². The molecule has 0 unspecified atom stereocenters. The van der Waals surface area contributed by atoms with Crippen LogP contribution in [0.1, 0.15) is 39.8 Å². The van der Waals surface area contributed by atoms with Gasteiger partial charge >= 0.3 is 0 Å². The minimum Gasteiger partial charge on any atom is -0.354 e. The maximum Gasteiger partial charge on any atom is 0.269 e. The number of halogens is 1. The number of carbonyl (C=O) groups excluding carboxylic acids is 2. The van der Waals surface area contributed by atoms with E-state index >= 15 is 0 Å². The minimum atomic E-state index is -0.358. The van der Waals surface area contributed by atoms with Crippen molar-refractivity contribution >= 4 is 34.9 Å². The molecule has 2 amide bonds. The fourth-order valence-corrected chi connectivity index (χ4v) is 3.52. The zero-order valence-electron chi connectivity index (χ0n) is 13.6. The number of H-pyrrole nitrogens is 1. The van der Waals surface area contributed by atoms with E-state index in [1.165, 1.54) is 0 Å². The lowest BCUT2D eigenvalue weighted by molar-refractivity contribution is -0.116. The number of anilines is 1. The number of nitrogens with zero attached hydrogens (tertiary/aromatic N) is 3. The molecule has 4 heterocycles. The minimum absolute atomic E-state index is 0.163. The Balaban J connectivity index is 1.97. The molecule has 128 valence electrons. The Morgan fingerprint density at radius 3 is 3.00 bits per heavy atom. The lowest BCUT2D eigenvalue weighted by Crippen LogP contribution is -2.27. The van der Waals surface area contributed by atoms with E-state index in [4.69, 9.17) is 11.6 Å². The molecule has 3 aromatic rings. The molecule has 4 rings (SSSR count). The summed E-state index contributed by atoms with van der Waals surface area (Å²) >= 11 is 6.14. The maximum absolute atomic E-state index is 12.2. The van der Waals surface area contributed by atoms with Gasteiger partial charge in [-0.15, -0.1) is 0 Å². The number of pyridine rings is 1. The van der Waals surface area contributed by atoms with Gasteiger partial charge < -0.3 is 15.0 Å². The second-order valence-corrected chi connectivity index (χ2v) is 6.34. The van der Waals surface area contributed by atoms with Crippen LogP contribution < -0.4 is 10.6 Å². The lowest BCUT2D eigenvalue weighted by atomic mass is 9.88. The van der Waals surface area contributed by atoms with Crippen LogP contribution in [0.4, 0.5) is 5.82 Å². The Morgan fingerprint density at radius 1 is 1.44 bits per heavy atom. The van der Waals surface area contributed by atoms with Crippen molar-refractivity contribution in [3.05, 3.63) is 46.0 Å². The number of aryl methyl sites for hydroxylation is 1. The summed E-state index contributed by atoms with van der Waals surface area (Å²) in [7, 11) is 1.55. The number of hydrogen-bond acceptors (Lipinski definition) is 4. The van der Waals surface area contributed by atoms with E-state index in [0.29, 0.717) is 22.1 Å². The van der Waals surface area contributed by atoms with Crippen molar-refractivity contribution in [2.24, 2.45) is 0 Å². The van der Waals surface area contributed by atoms with E-state index < -0.39 is 0 Å². The van der Waals surface area contributed by atoms with E-state index in [-0.39, 0.29) is 24.2 Å². The Morgan fingerprint density at radius 2 is 2.24 bits per heavy atom. The highest BCUT2D eigenvalue weighted by atomic mass is 35.5. The van der Waals surface area contributed by atoms with Crippen LogP contribution in [0.15, 0.2) is 18.3 Å². The Labute approximate surface area is 147 Å². The molecule has 3 aromatic heterocycles. The largest absolute Gasteiger partial charge is 0.354 e. The summed E-state index contributed by atoms with van der Waals surface area (Å²) in [6.07, 6.45) is 1.95. The van der Waals surface area contributed by atoms with Gasteiger partial charge in [0.25, 0.3) is 5.91 Å². The van der Waals surface area contributed by atoms with E-state index in [2.05, 4.69) is 25.8 Å². The second kappa shape index (κ2) is 5.59. The van der Waals surface area contributed by atoms with Gasteiger partial charge in [-0.25, -0.2) is 4.98 Å². The van der Waals surface area contributed by atoms with Gasteiger partial charge in [-0.1, -0.05) is 11.6 Å². The van der Waals surface area contributed by atoms with Crippen molar-refractivity contribution in [1.82, 2.24) is 24.9 Å². The molecular formula is C16H15ClN6O2. The molecule has 9 heteroatoms. The van der Waals surface area contributed by atoms with Crippen molar-refractivity contribution in [3.63, 3.8) is 0 Å². The molecule has 25 heavy (non-hydrogen) atoms. The number of rotatable bonds is 2. The summed E-state index contributed by atoms with van der Waals surface area (Å²) in [5.74, 6) is -0.442. The van der Waals surface area contributed by atoms with Gasteiger partial charge in [0.05, 0.1) is 16.4 Å². The highest BCUT2D eigenvalue weighted by Crippen LogP contribution is 2.39. The first-order chi connectivity index (χ1) is 12.0. The topological polar surface area (TPSA) is 104 Å². The lowest BCUT2D eigenvalue weighted by Gasteiger charge is -2.23. The van der Waals surface area contributed by atoms with E-state index in [1.807, 2.05) is 17.4 Å². The van der Waals surface area contributed by atoms with Gasteiger partial charge in [0.2, 0.25) is 5.91 Å². The smallest absolute Gasteiger partial charge is 0.269 e. The van der Waals surface area contributed by atoms with Crippen LogP contribution in [0.2, 0.25) is 5.02 Å². The quantitative estimate of drug-likeness (QED) is 0.650. The first-order valence-electron chi connectivity index (χ1n) is 7.74. The average Bonchev–Trinajstić information content (AvgIpc) is 3.13. The summed E-state index contributed by atoms with van der Waals surface area (Å²) in [5.41, 5.74) is 3.31. The molecule has 0 radical (unpaired) electrons. The number of carbonyl (C=O) groups is 2. The zero-order chi connectivity index (χ0) is 17.7. The molecule has 0 spiro atoms. The number of hydrogen-bond donors (Lipinski definition) is 3. The van der Waals surface area contributed by atoms with Gasteiger partial charge in [0.15, 0.2) is 5.82 Å². The Bertz CT molecular complexity index is 1020. The van der Waals surface area contributed by atoms with Crippen molar-refractivity contribution in [1.29, 1.82) is 0 Å². The normalized spacial score (nSPS) is 16.6. The summed E-state index contributed by atoms with van der Waals surface area (Å²) in [6.45, 7) is 1.88. The van der Waals surface area contributed by atoms with Gasteiger partial charge in [0, 0.05) is 31.1 Å². The monoisotopic (exact) mass is 358 g/mol. The SMILES string of the molecule is CNC(=O)c1[nH]nc2c1[C@H](c1c(C)nc3ccc(Cl)cn13)CC(=O)N2. The zero-order valence-corrected chi connectivity index (χ0v) is 14.3. The number of nitrogens with one attached hydrogen (secondary N) is 3. The van der Waals surface area contributed by atoms with E-state index in [1.54, 1.807) is 19.3 Å². The predicted octanol–water partition coefficient (Wildman–Crippen LogP) is 1.85. The third-order valence-electron chi connectivity index (χ3n) is 4.39. The molecule has 1 aliphatic rings. The number of aromatic amines is 1. The number of aromatic nitrogens is 4. The molecule has 0 saturated heterocycles. The van der Waals surface area contributed by atoms with Crippen LogP contribution in [-0.4, -0.2) is 38.4 Å². The van der Waals surface area contributed by atoms with Crippen molar-refractivity contribution in [2.45, 2.75) is 19.3 Å². The first-order valence-corrected chi connectivity index (χ1v) is 8.11. The van der Waals surface area contributed by atoms with Crippen LogP contribution in [-0.2, 0) is 4.79 Å². The Hall–Kier alpha value is -2.87. The number of amides is 2. The third-order valence-corrected chi connectivity index (χ3v) is 4.61. The molecule has 8 nitrogen and oxygen atoms in total. The van der Waals surface area contributed by atoms with Crippen LogP contribution >= 0.6 is 11.6 Å². The molecule has 3 N–H and O–H groups in total. The molecular weight excluding hydrogens is 344 g/mol. The van der Waals surface area contributed by atoms with Gasteiger partial charge in [0.1, 0.15) is 11.3 Å². The van der Waals surface area contributed by atoms with Crippen LogP contribution in [0.3, 0.4) is 0 Å². The highest BCUT2D eigenvalue weighted by Gasteiger charge is 2.36. The standard InChI is InChI=1S/C16H15ClN6O2/c1-7-14(23-6-8(17)3-4-10(23)19-7)9-5-11(24)20-15-12(9)13(21-22-15)16(25)18-2/h3-4,6,9H,5H2,1-2H3,(H,18,25)(H2,20,21,22,24)/t9-/m1/s1. The fourth-order valence-electron chi connectivity index (χ4n) is 3.36. The summed E-state index contributed by atoms with van der Waals surface area (Å²) in [4.78, 5) is 28.9. The van der Waals surface area contributed by atoms with Crippen LogP contribution in [0, 0.1) is 6.92 Å². The first kappa shape index (κ1) is 15.6. The van der Waals surface area contributed by atoms with Crippen LogP contribution in [0.25, 0.3) is 5.65 Å². The van der Waals surface area contributed by atoms with E-state index in [0.717, 1.165) is 17.0 Å². The number of imidazole rings is 1. The molecule has 1 aliphatic heterocycles. The fraction of sp³-hybridized carbons (Fsp3) is 0.250. The number of fused-ring (bicyclic) bond motifs is 2. The molecule has 0 saturated carbocycles. The van der Waals surface area contributed by atoms with Gasteiger partial charge in [-0.05, 0) is 19.1 Å². The molecule has 0 aromatic carbocycles. The van der Waals surface area contributed by atoms with E-state index in [9.17, 15) is 9.59 Å². The molecule has 0 bridgehead atoms. The van der Waals surface area contributed by atoms with Gasteiger partial charge in [-0.3, -0.25) is 14.7 Å². The highest BCUT2D eigenvalue weighted by molar-refractivity contribution is 6.30. The summed E-state index contributed by atoms with van der Waals surface area (Å²) < 4.78 is 1.87. The molecule has 1 atom stereocenters. The molecule has 0 aliphatic carbocycles. The van der Waals surface area contributed by atoms with Crippen molar-refractivity contribution in [2.75, 3.05) is 12.4 Å². The van der Waals surface area contributed by atoms with Crippen molar-refractivity contribution < 1.29 is 9.59 Å². The summed E-state index contributed by atoms with van der Waals surface area (Å²) in [5, 5.41) is 12.7. The Kier molecular flexibility index (Phi) is 3.50. The van der Waals surface area contributed by atoms with Crippen LogP contribution in [0.5, 0.6) is 0 Å².